The first-order valence-corrected chi connectivity index (χ1v) is 21.9. The minimum atomic E-state index is -5.10. The molecule has 324 valence electrons. The van der Waals surface area contributed by atoms with Crippen molar-refractivity contribution >= 4 is 56.2 Å². The Morgan fingerprint density at radius 3 is 2.49 bits per heavy atom. The molecule has 0 unspecified atom stereocenters. The van der Waals surface area contributed by atoms with E-state index in [1.807, 2.05) is 13.8 Å². The molecule has 14 nitrogen and oxygen atoms in total. The summed E-state index contributed by atoms with van der Waals surface area (Å²) in [5, 5.41) is 13.8. The van der Waals surface area contributed by atoms with E-state index in [0.29, 0.717) is 68.4 Å². The second-order valence-electron chi connectivity index (χ2n) is 16.9. The van der Waals surface area contributed by atoms with Crippen molar-refractivity contribution in [1.29, 1.82) is 0 Å². The number of carbonyl (C=O) groups excluding carboxylic acids is 3. The number of ether oxygens (including phenoxy) is 2. The Kier molecular flexibility index (Phi) is 12.5. The van der Waals surface area contributed by atoms with Crippen molar-refractivity contribution in [2.45, 2.75) is 127 Å². The van der Waals surface area contributed by atoms with Crippen LogP contribution in [0, 0.1) is 17.8 Å². The lowest BCUT2D eigenvalue weighted by molar-refractivity contribution is -0.222. The summed E-state index contributed by atoms with van der Waals surface area (Å²) in [5.74, 6) is -4.46. The molecule has 3 N–H and O–H groups in total. The summed E-state index contributed by atoms with van der Waals surface area (Å²) in [4.78, 5) is 62.1. The number of halogens is 4. The highest BCUT2D eigenvalue weighted by Gasteiger charge is 2.63. The first kappa shape index (κ1) is 44.2. The zero-order valence-corrected chi connectivity index (χ0v) is 35.1. The Labute approximate surface area is 346 Å². The van der Waals surface area contributed by atoms with Gasteiger partial charge < -0.3 is 24.8 Å². The lowest BCUT2D eigenvalue weighted by Gasteiger charge is -2.45. The average molecular weight is 870 g/mol. The molecule has 4 amide bonds. The van der Waals surface area contributed by atoms with E-state index in [1.54, 1.807) is 36.4 Å². The van der Waals surface area contributed by atoms with Crippen LogP contribution in [0.25, 0.3) is 10.8 Å². The fourth-order valence-corrected chi connectivity index (χ4v) is 9.79. The molecule has 2 saturated carbocycles. The van der Waals surface area contributed by atoms with Crippen LogP contribution in [0.4, 0.5) is 18.0 Å². The fourth-order valence-electron chi connectivity index (χ4n) is 8.20. The number of benzene rings is 1. The second-order valence-corrected chi connectivity index (χ2v) is 19.2. The Bertz CT molecular complexity index is 2120. The van der Waals surface area contributed by atoms with Crippen molar-refractivity contribution in [3.63, 3.8) is 0 Å². The number of alkyl halides is 3. The van der Waals surface area contributed by atoms with Gasteiger partial charge in [-0.15, -0.1) is 0 Å². The lowest BCUT2D eigenvalue weighted by atomic mass is 9.85. The third-order valence-corrected chi connectivity index (χ3v) is 14.0. The van der Waals surface area contributed by atoms with E-state index >= 15 is 4.79 Å². The molecule has 1 aromatic heterocycles. The van der Waals surface area contributed by atoms with Crippen LogP contribution >= 0.6 is 11.6 Å². The highest BCUT2D eigenvalue weighted by Crippen LogP contribution is 2.47. The molecule has 4 aliphatic rings. The normalized spacial score (nSPS) is 28.1. The number of pyridine rings is 1. The van der Waals surface area contributed by atoms with E-state index in [9.17, 15) is 41.1 Å². The number of nitrogens with zero attached hydrogens (tertiary/aromatic N) is 3. The van der Waals surface area contributed by atoms with Gasteiger partial charge in [-0.1, -0.05) is 50.6 Å². The van der Waals surface area contributed by atoms with Crippen LogP contribution in [0.2, 0.25) is 5.02 Å². The lowest BCUT2D eigenvalue weighted by Crippen LogP contribution is -2.66. The molecule has 2 aliphatic carbocycles. The van der Waals surface area contributed by atoms with Crippen LogP contribution in [0.1, 0.15) is 86.0 Å². The van der Waals surface area contributed by atoms with Crippen LogP contribution in [0.3, 0.4) is 0 Å². The van der Waals surface area contributed by atoms with Gasteiger partial charge in [-0.2, -0.15) is 18.2 Å². The Morgan fingerprint density at radius 1 is 1.14 bits per heavy atom. The summed E-state index contributed by atoms with van der Waals surface area (Å²) in [6, 6.07) is 3.25. The van der Waals surface area contributed by atoms with Gasteiger partial charge >= 0.3 is 12.3 Å². The van der Waals surface area contributed by atoms with E-state index in [4.69, 9.17) is 21.1 Å². The van der Waals surface area contributed by atoms with Crippen molar-refractivity contribution in [2.24, 2.45) is 17.8 Å². The van der Waals surface area contributed by atoms with Crippen LogP contribution in [0.5, 0.6) is 11.8 Å². The smallest absolute Gasteiger partial charge is 0.411 e. The number of allylic oxidation sites excluding steroid dienone is 1. The number of rotatable bonds is 10. The highest BCUT2D eigenvalue weighted by molar-refractivity contribution is 7.91. The summed E-state index contributed by atoms with van der Waals surface area (Å²) >= 11 is 6.55. The summed E-state index contributed by atoms with van der Waals surface area (Å²) < 4.78 is 84.4. The molecule has 3 fully saturated rings. The first-order valence-electron chi connectivity index (χ1n) is 19.9. The first-order chi connectivity index (χ1) is 27.6. The quantitative estimate of drug-likeness (QED) is 0.232. The van der Waals surface area contributed by atoms with Crippen LogP contribution in [0.15, 0.2) is 36.4 Å². The van der Waals surface area contributed by atoms with Gasteiger partial charge in [0.05, 0.1) is 18.4 Å². The Hall–Kier alpha value is -4.32. The number of sulfonamides is 1. The standard InChI is InChI=1S/C40H51ClF3N5O9S/c1-6-16-57-31-19-28-27(12-9-13-29(28)41)34(45-31)58-25-18-30-33(50)46-39(36(52)47-59(55,56)26-14-15-26)20-24(39)11-8-7-10-22(2)17-23(3)32(35(51)48(30)21-25)49(37(53)54)38(4,5)40(42,43)44/h8-9,11-13,19,22-26,30,32H,6-7,10,14-18,20-21H2,1-5H3,(H,46,50)(H,47,52)(H,53,54)/t22-,23+,24+,25+,30-,32-,39+/m0/s1. The number of carbonyl (C=O) groups is 4. The van der Waals surface area contributed by atoms with E-state index in [-0.39, 0.29) is 41.8 Å². The number of hydrogen-bond donors (Lipinski definition) is 3. The van der Waals surface area contributed by atoms with Gasteiger partial charge in [-0.05, 0) is 82.8 Å². The molecule has 19 heteroatoms. The predicted molar refractivity (Wildman–Crippen MR) is 211 cm³/mol. The maximum Gasteiger partial charge on any atom is 0.411 e. The van der Waals surface area contributed by atoms with Crippen molar-refractivity contribution in [2.75, 3.05) is 13.2 Å². The molecule has 2 aromatic rings. The molecule has 6 rings (SSSR count). The zero-order chi connectivity index (χ0) is 43.2. The second kappa shape index (κ2) is 16.6. The highest BCUT2D eigenvalue weighted by atomic mass is 35.5. The molecule has 1 aromatic carbocycles. The zero-order valence-electron chi connectivity index (χ0n) is 33.6. The van der Waals surface area contributed by atoms with Crippen molar-refractivity contribution in [3.05, 3.63) is 41.4 Å². The molecule has 3 heterocycles. The van der Waals surface area contributed by atoms with E-state index in [1.165, 1.54) is 6.92 Å². The third kappa shape index (κ3) is 9.08. The van der Waals surface area contributed by atoms with Crippen molar-refractivity contribution in [3.8, 4) is 11.8 Å². The van der Waals surface area contributed by atoms with E-state index in [0.717, 1.165) is 4.90 Å². The number of fused-ring (bicyclic) bond motifs is 3. The van der Waals surface area contributed by atoms with Crippen molar-refractivity contribution in [1.82, 2.24) is 24.8 Å². The number of carboxylic acid groups (broad SMARTS) is 1. The number of amides is 4. The number of nitrogens with one attached hydrogen (secondary N) is 2. The van der Waals surface area contributed by atoms with E-state index < -0.39 is 92.9 Å². The summed E-state index contributed by atoms with van der Waals surface area (Å²) in [7, 11) is -4.03. The maximum absolute atomic E-state index is 15.0. The monoisotopic (exact) mass is 869 g/mol. The SMILES string of the molecule is CCCOc1cc2c(Cl)cccc2c(O[C@@H]2C[C@H]3C(=O)N[C@]4(C(=O)NS(=O)(=O)C5CC5)C[C@H]4C=CCC[C@H](C)C[C@@H](C)[C@H](N(C(=O)O)C(C)(C)C(F)(F)F)C(=O)N3C2)n1. The Morgan fingerprint density at radius 2 is 1.85 bits per heavy atom. The van der Waals surface area contributed by atoms with Crippen LogP contribution < -0.4 is 19.5 Å². The van der Waals surface area contributed by atoms with Gasteiger partial charge in [0.1, 0.15) is 29.3 Å². The topological polar surface area (TPSA) is 185 Å². The minimum Gasteiger partial charge on any atom is -0.478 e. The molecular weight excluding hydrogens is 819 g/mol. The predicted octanol–water partition coefficient (Wildman–Crippen LogP) is 6.21. The molecule has 0 bridgehead atoms. The third-order valence-electron chi connectivity index (χ3n) is 11.8. The molecule has 0 radical (unpaired) electrons. The van der Waals surface area contributed by atoms with Gasteiger partial charge in [0.2, 0.25) is 33.6 Å². The summed E-state index contributed by atoms with van der Waals surface area (Å²) in [5.41, 5.74) is -4.76. The van der Waals surface area contributed by atoms with Gasteiger partial charge in [0.25, 0.3) is 5.91 Å². The Balaban J connectivity index is 1.44. The summed E-state index contributed by atoms with van der Waals surface area (Å²) in [6.07, 6.45) is -2.27. The van der Waals surface area contributed by atoms with Gasteiger partial charge in [-0.3, -0.25) is 24.0 Å². The van der Waals surface area contributed by atoms with Crippen LogP contribution in [-0.4, -0.2) is 106 Å². The average Bonchev–Trinajstić information content (AvgIpc) is 4.07. The summed E-state index contributed by atoms with van der Waals surface area (Å²) in [6.45, 7) is 6.57. The number of hydrogen-bond acceptors (Lipinski definition) is 9. The molecule has 2 aliphatic heterocycles. The van der Waals surface area contributed by atoms with Gasteiger partial charge in [0.15, 0.2) is 0 Å². The molecule has 7 atom stereocenters. The molecular formula is C40H51ClF3N5O9S. The van der Waals surface area contributed by atoms with E-state index in [2.05, 4.69) is 15.0 Å². The van der Waals surface area contributed by atoms with Gasteiger partial charge in [-0.25, -0.2) is 13.2 Å². The van der Waals surface area contributed by atoms with Crippen molar-refractivity contribution < 1.29 is 55.3 Å². The maximum atomic E-state index is 15.0. The molecule has 1 saturated heterocycles. The largest absolute Gasteiger partial charge is 0.478 e. The fraction of sp³-hybridized carbons (Fsp3) is 0.625. The number of aromatic nitrogens is 1. The molecule has 0 spiro atoms. The van der Waals surface area contributed by atoms with Gasteiger partial charge in [0, 0.05) is 34.2 Å². The molecule has 59 heavy (non-hydrogen) atoms. The van der Waals surface area contributed by atoms with Crippen LogP contribution in [-0.2, 0) is 24.4 Å². The minimum absolute atomic E-state index is 0.0364.